The van der Waals surface area contributed by atoms with Gasteiger partial charge < -0.3 is 10.1 Å². The Morgan fingerprint density at radius 2 is 1.96 bits per heavy atom. The van der Waals surface area contributed by atoms with Crippen molar-refractivity contribution in [3.05, 3.63) is 64.1 Å². The summed E-state index contributed by atoms with van der Waals surface area (Å²) in [5, 5.41) is 12.0. The molecule has 3 rings (SSSR count). The summed E-state index contributed by atoms with van der Waals surface area (Å²) in [6.07, 6.45) is 1.75. The second kappa shape index (κ2) is 7.89. The molecular formula is C20H17N3O2S. The molecule has 1 aliphatic heterocycles. The molecule has 2 aromatic carbocycles. The lowest BCUT2D eigenvalue weighted by molar-refractivity contribution is -0.115. The van der Waals surface area contributed by atoms with Gasteiger partial charge in [-0.05, 0) is 61.0 Å². The fourth-order valence-electron chi connectivity index (χ4n) is 2.60. The molecule has 2 aromatic rings. The Balaban J connectivity index is 1.85. The summed E-state index contributed by atoms with van der Waals surface area (Å²) in [5.74, 6) is 0.364. The van der Waals surface area contributed by atoms with Crippen LogP contribution in [0.4, 0.5) is 5.69 Å². The maximum atomic E-state index is 12.3. The standard InChI is InChI=1S/C20H17N3O2S/c1-13-9-14(2)11-16(10-13)22-20-23-19(24)18(26-20)12-15-5-3-4-6-17(15)25-8-7-21/h3-6,9-12H,8H2,1-2H3,(H,22,23,24)/b18-12-. The highest BCUT2D eigenvalue weighted by atomic mass is 32.2. The van der Waals surface area contributed by atoms with Gasteiger partial charge in [-0.1, -0.05) is 24.3 Å². The first-order chi connectivity index (χ1) is 12.5. The molecule has 130 valence electrons. The number of carbonyl (C=O) groups excluding carboxylic acids is 1. The van der Waals surface area contributed by atoms with Crippen LogP contribution in [-0.2, 0) is 4.79 Å². The van der Waals surface area contributed by atoms with E-state index >= 15 is 0 Å². The Kier molecular flexibility index (Phi) is 5.40. The summed E-state index contributed by atoms with van der Waals surface area (Å²) in [7, 11) is 0. The number of thioether (sulfide) groups is 1. The van der Waals surface area contributed by atoms with Crippen molar-refractivity contribution in [2.75, 3.05) is 6.61 Å². The maximum absolute atomic E-state index is 12.3. The minimum Gasteiger partial charge on any atom is -0.478 e. The zero-order chi connectivity index (χ0) is 18.5. The fraction of sp³-hybridized carbons (Fsp3) is 0.150. The number of hydrogen-bond donors (Lipinski definition) is 1. The fourth-order valence-corrected chi connectivity index (χ4v) is 3.43. The molecule has 26 heavy (non-hydrogen) atoms. The molecule has 1 aliphatic rings. The molecule has 0 unspecified atom stereocenters. The second-order valence-corrected chi connectivity index (χ2v) is 6.84. The summed E-state index contributed by atoms with van der Waals surface area (Å²) in [4.78, 5) is 17.3. The van der Waals surface area contributed by atoms with Crippen LogP contribution in [0.2, 0.25) is 0 Å². The van der Waals surface area contributed by atoms with E-state index in [-0.39, 0.29) is 12.5 Å². The summed E-state index contributed by atoms with van der Waals surface area (Å²) in [5.41, 5.74) is 3.80. The van der Waals surface area contributed by atoms with Crippen LogP contribution < -0.4 is 10.1 Å². The summed E-state index contributed by atoms with van der Waals surface area (Å²) in [6.45, 7) is 3.99. The van der Waals surface area contributed by atoms with E-state index < -0.39 is 0 Å². The third-order valence-corrected chi connectivity index (χ3v) is 4.50. The number of aryl methyl sites for hydroxylation is 2. The molecule has 0 saturated carbocycles. The smallest absolute Gasteiger partial charge is 0.264 e. The van der Waals surface area contributed by atoms with Gasteiger partial charge in [-0.3, -0.25) is 4.79 Å². The highest BCUT2D eigenvalue weighted by Gasteiger charge is 2.24. The molecule has 6 heteroatoms. The molecular weight excluding hydrogens is 346 g/mol. The van der Waals surface area contributed by atoms with Gasteiger partial charge >= 0.3 is 0 Å². The van der Waals surface area contributed by atoms with Crippen molar-refractivity contribution in [3.8, 4) is 11.8 Å². The quantitative estimate of drug-likeness (QED) is 0.830. The number of carbonyl (C=O) groups is 1. The number of hydrogen-bond acceptors (Lipinski definition) is 5. The zero-order valence-corrected chi connectivity index (χ0v) is 15.3. The van der Waals surface area contributed by atoms with Crippen LogP contribution in [0.3, 0.4) is 0 Å². The van der Waals surface area contributed by atoms with Crippen molar-refractivity contribution >= 4 is 34.6 Å². The number of ether oxygens (including phenoxy) is 1. The van der Waals surface area contributed by atoms with Crippen molar-refractivity contribution in [1.29, 1.82) is 5.26 Å². The number of nitrogens with zero attached hydrogens (tertiary/aromatic N) is 2. The highest BCUT2D eigenvalue weighted by molar-refractivity contribution is 8.18. The maximum Gasteiger partial charge on any atom is 0.264 e. The van der Waals surface area contributed by atoms with Gasteiger partial charge in [0.05, 0.1) is 10.6 Å². The predicted octanol–water partition coefficient (Wildman–Crippen LogP) is 4.10. The van der Waals surface area contributed by atoms with Gasteiger partial charge in [0.15, 0.2) is 11.8 Å². The van der Waals surface area contributed by atoms with Gasteiger partial charge in [0.1, 0.15) is 11.8 Å². The van der Waals surface area contributed by atoms with Crippen LogP contribution in [0, 0.1) is 25.2 Å². The van der Waals surface area contributed by atoms with Crippen LogP contribution in [-0.4, -0.2) is 17.7 Å². The Morgan fingerprint density at radius 3 is 2.69 bits per heavy atom. The molecule has 5 nitrogen and oxygen atoms in total. The number of rotatable bonds is 4. The van der Waals surface area contributed by atoms with Gasteiger partial charge in [-0.2, -0.15) is 5.26 Å². The molecule has 1 heterocycles. The summed E-state index contributed by atoms with van der Waals surface area (Å²) in [6, 6.07) is 15.3. The van der Waals surface area contributed by atoms with Crippen molar-refractivity contribution in [2.24, 2.45) is 4.99 Å². The number of amides is 1. The lowest BCUT2D eigenvalue weighted by Crippen LogP contribution is -2.19. The second-order valence-electron chi connectivity index (χ2n) is 5.81. The number of nitrogens with one attached hydrogen (secondary N) is 1. The number of benzene rings is 2. The van der Waals surface area contributed by atoms with E-state index in [2.05, 4.69) is 16.4 Å². The lowest BCUT2D eigenvalue weighted by Gasteiger charge is -2.05. The van der Waals surface area contributed by atoms with Gasteiger partial charge in [0.2, 0.25) is 0 Å². The molecule has 0 aliphatic carbocycles. The average molecular weight is 363 g/mol. The van der Waals surface area contributed by atoms with E-state index in [1.807, 2.05) is 50.2 Å². The van der Waals surface area contributed by atoms with Gasteiger partial charge in [-0.15, -0.1) is 0 Å². The highest BCUT2D eigenvalue weighted by Crippen LogP contribution is 2.30. The minimum absolute atomic E-state index is 0.0427. The average Bonchev–Trinajstić information content (AvgIpc) is 2.92. The molecule has 1 fully saturated rings. The number of para-hydroxylation sites is 1. The predicted molar refractivity (Wildman–Crippen MR) is 104 cm³/mol. The van der Waals surface area contributed by atoms with Crippen molar-refractivity contribution in [2.45, 2.75) is 13.8 Å². The molecule has 0 radical (unpaired) electrons. The Labute approximate surface area is 156 Å². The molecule has 0 aromatic heterocycles. The first-order valence-corrected chi connectivity index (χ1v) is 8.83. The Morgan fingerprint density at radius 1 is 1.23 bits per heavy atom. The van der Waals surface area contributed by atoms with E-state index in [0.717, 1.165) is 22.4 Å². The molecule has 0 atom stereocenters. The van der Waals surface area contributed by atoms with Crippen LogP contribution in [0.25, 0.3) is 6.08 Å². The van der Waals surface area contributed by atoms with Crippen LogP contribution in [0.1, 0.15) is 16.7 Å². The van der Waals surface area contributed by atoms with Gasteiger partial charge in [-0.25, -0.2) is 4.99 Å². The van der Waals surface area contributed by atoms with Crippen molar-refractivity contribution in [1.82, 2.24) is 5.32 Å². The van der Waals surface area contributed by atoms with E-state index in [4.69, 9.17) is 10.00 Å². The molecule has 1 amide bonds. The summed E-state index contributed by atoms with van der Waals surface area (Å²) < 4.78 is 5.40. The number of amidine groups is 1. The lowest BCUT2D eigenvalue weighted by atomic mass is 10.1. The topological polar surface area (TPSA) is 74.5 Å². The van der Waals surface area contributed by atoms with E-state index in [1.165, 1.54) is 11.8 Å². The third-order valence-electron chi connectivity index (χ3n) is 3.59. The summed E-state index contributed by atoms with van der Waals surface area (Å²) >= 11 is 1.28. The molecule has 1 N–H and O–H groups in total. The SMILES string of the molecule is Cc1cc(C)cc(N=C2NC(=O)/C(=C/c3ccccc3OCC#N)S2)c1. The molecule has 0 bridgehead atoms. The Hall–Kier alpha value is -3.04. The molecule has 1 saturated heterocycles. The van der Waals surface area contributed by atoms with Crippen molar-refractivity contribution < 1.29 is 9.53 Å². The third kappa shape index (κ3) is 4.32. The van der Waals surface area contributed by atoms with E-state index in [9.17, 15) is 4.79 Å². The zero-order valence-electron chi connectivity index (χ0n) is 14.4. The van der Waals surface area contributed by atoms with Crippen LogP contribution >= 0.6 is 11.8 Å². The molecule has 0 spiro atoms. The normalized spacial score (nSPS) is 16.6. The first-order valence-electron chi connectivity index (χ1n) is 8.02. The van der Waals surface area contributed by atoms with Crippen molar-refractivity contribution in [3.63, 3.8) is 0 Å². The Bertz CT molecular complexity index is 938. The van der Waals surface area contributed by atoms with E-state index in [0.29, 0.717) is 15.8 Å². The number of nitriles is 1. The van der Waals surface area contributed by atoms with Gasteiger partial charge in [0.25, 0.3) is 5.91 Å². The van der Waals surface area contributed by atoms with Crippen LogP contribution in [0.5, 0.6) is 5.75 Å². The van der Waals surface area contributed by atoms with Gasteiger partial charge in [0, 0.05) is 5.56 Å². The minimum atomic E-state index is -0.201. The van der Waals surface area contributed by atoms with E-state index in [1.54, 1.807) is 12.1 Å². The first kappa shape index (κ1) is 17.8. The largest absolute Gasteiger partial charge is 0.478 e. The van der Waals surface area contributed by atoms with Crippen LogP contribution in [0.15, 0.2) is 52.4 Å². The number of aliphatic imine (C=N–C) groups is 1. The monoisotopic (exact) mass is 363 g/mol.